The molecular formula is C9H6ClNOS2. The molecule has 0 aliphatic rings. The van der Waals surface area contributed by atoms with Crippen LogP contribution in [0, 0.1) is 0 Å². The van der Waals surface area contributed by atoms with Gasteiger partial charge < -0.3 is 5.21 Å². The number of halogens is 1. The van der Waals surface area contributed by atoms with E-state index in [0.29, 0.717) is 4.67 Å². The molecular weight excluding hydrogens is 238 g/mol. The molecule has 0 atom stereocenters. The zero-order valence-electron chi connectivity index (χ0n) is 6.98. The monoisotopic (exact) mass is 243 g/mol. The summed E-state index contributed by atoms with van der Waals surface area (Å²) in [7, 11) is 3.02. The smallest absolute Gasteiger partial charge is 0.166 e. The molecule has 72 valence electrons. The second-order valence-electron chi connectivity index (χ2n) is 2.62. The van der Waals surface area contributed by atoms with Crippen LogP contribution in [0.4, 0.5) is 0 Å². The highest BCUT2D eigenvalue weighted by molar-refractivity contribution is 7.69. The topological polar surface area (TPSA) is 32.6 Å². The van der Waals surface area contributed by atoms with Gasteiger partial charge in [0.15, 0.2) is 4.67 Å². The third-order valence-electron chi connectivity index (χ3n) is 1.70. The lowest BCUT2D eigenvalue weighted by Crippen LogP contribution is -1.87. The van der Waals surface area contributed by atoms with Crippen LogP contribution in [0.25, 0.3) is 10.4 Å². The fourth-order valence-corrected chi connectivity index (χ4v) is 3.21. The van der Waals surface area contributed by atoms with Crippen molar-refractivity contribution in [3.05, 3.63) is 40.0 Å². The predicted molar refractivity (Wildman–Crippen MR) is 60.0 cm³/mol. The quantitative estimate of drug-likeness (QED) is 0.465. The molecule has 0 saturated heterocycles. The lowest BCUT2D eigenvalue weighted by atomic mass is 10.2. The van der Waals surface area contributed by atoms with E-state index in [2.05, 4.69) is 5.16 Å². The molecule has 0 aliphatic heterocycles. The summed E-state index contributed by atoms with van der Waals surface area (Å²) in [5.41, 5.74) is 1.09. The molecule has 1 heterocycles. The van der Waals surface area contributed by atoms with Gasteiger partial charge in [0.1, 0.15) is 0 Å². The van der Waals surface area contributed by atoms with Crippen LogP contribution in [0.3, 0.4) is 0 Å². The SMILES string of the molecule is ON=c1cc(-c2ccc(Cl)cc2)ss1. The van der Waals surface area contributed by atoms with Crippen LogP contribution in [0.15, 0.2) is 35.5 Å². The van der Waals surface area contributed by atoms with Crippen molar-refractivity contribution in [2.24, 2.45) is 5.16 Å². The number of hydrogen-bond acceptors (Lipinski definition) is 4. The lowest BCUT2D eigenvalue weighted by Gasteiger charge is -1.95. The minimum Gasteiger partial charge on any atom is -0.410 e. The molecule has 0 amide bonds. The Morgan fingerprint density at radius 2 is 1.86 bits per heavy atom. The molecule has 1 aromatic carbocycles. The van der Waals surface area contributed by atoms with E-state index in [1.807, 2.05) is 30.3 Å². The van der Waals surface area contributed by atoms with Gasteiger partial charge in [-0.25, -0.2) is 0 Å². The molecule has 0 saturated carbocycles. The first kappa shape index (κ1) is 9.71. The maximum absolute atomic E-state index is 8.56. The molecule has 2 nitrogen and oxygen atoms in total. The lowest BCUT2D eigenvalue weighted by molar-refractivity contribution is 0.304. The molecule has 2 rings (SSSR count). The number of nitrogens with zero attached hydrogens (tertiary/aromatic N) is 1. The highest BCUT2D eigenvalue weighted by atomic mass is 35.5. The average molecular weight is 244 g/mol. The summed E-state index contributed by atoms with van der Waals surface area (Å²) in [4.78, 5) is 1.08. The number of rotatable bonds is 1. The van der Waals surface area contributed by atoms with Gasteiger partial charge in [-0.15, -0.1) is 0 Å². The summed E-state index contributed by atoms with van der Waals surface area (Å²) in [5, 5.41) is 12.4. The van der Waals surface area contributed by atoms with Gasteiger partial charge in [0.25, 0.3) is 0 Å². The Morgan fingerprint density at radius 3 is 2.43 bits per heavy atom. The Kier molecular flexibility index (Phi) is 2.86. The first-order chi connectivity index (χ1) is 6.79. The molecule has 1 N–H and O–H groups in total. The van der Waals surface area contributed by atoms with Crippen LogP contribution in [0.2, 0.25) is 5.02 Å². The summed E-state index contributed by atoms with van der Waals surface area (Å²) in [6.45, 7) is 0. The van der Waals surface area contributed by atoms with Crippen LogP contribution in [0.5, 0.6) is 0 Å². The maximum atomic E-state index is 8.56. The minimum absolute atomic E-state index is 0.625. The first-order valence-corrected chi connectivity index (χ1v) is 6.36. The van der Waals surface area contributed by atoms with E-state index in [-0.39, 0.29) is 0 Å². The third-order valence-corrected chi connectivity index (χ3v) is 4.24. The summed E-state index contributed by atoms with van der Waals surface area (Å²) >= 11 is 5.78. The van der Waals surface area contributed by atoms with Crippen LogP contribution in [-0.4, -0.2) is 5.21 Å². The van der Waals surface area contributed by atoms with Crippen molar-refractivity contribution in [3.8, 4) is 10.4 Å². The Hall–Kier alpha value is -0.840. The fraction of sp³-hybridized carbons (Fsp3) is 0. The van der Waals surface area contributed by atoms with Crippen molar-refractivity contribution in [2.45, 2.75) is 0 Å². The van der Waals surface area contributed by atoms with Gasteiger partial charge in [0, 0.05) is 9.90 Å². The fourth-order valence-electron chi connectivity index (χ4n) is 1.04. The van der Waals surface area contributed by atoms with Gasteiger partial charge in [0.2, 0.25) is 0 Å². The van der Waals surface area contributed by atoms with Crippen molar-refractivity contribution < 1.29 is 5.21 Å². The summed E-state index contributed by atoms with van der Waals surface area (Å²) in [6, 6.07) is 9.43. The van der Waals surface area contributed by atoms with Crippen molar-refractivity contribution in [3.63, 3.8) is 0 Å². The average Bonchev–Trinajstić information content (AvgIpc) is 2.67. The molecule has 0 radical (unpaired) electrons. The van der Waals surface area contributed by atoms with E-state index >= 15 is 0 Å². The molecule has 1 aromatic heterocycles. The van der Waals surface area contributed by atoms with Gasteiger partial charge >= 0.3 is 0 Å². The largest absolute Gasteiger partial charge is 0.410 e. The van der Waals surface area contributed by atoms with Gasteiger partial charge in [-0.05, 0) is 23.8 Å². The van der Waals surface area contributed by atoms with E-state index in [9.17, 15) is 0 Å². The van der Waals surface area contributed by atoms with Crippen molar-refractivity contribution in [1.29, 1.82) is 0 Å². The van der Waals surface area contributed by atoms with Gasteiger partial charge in [0.05, 0.1) is 0 Å². The summed E-state index contributed by atoms with van der Waals surface area (Å²) < 4.78 is 0.625. The number of hydrogen-bond donors (Lipinski definition) is 1. The van der Waals surface area contributed by atoms with Crippen molar-refractivity contribution >= 4 is 32.3 Å². The molecule has 14 heavy (non-hydrogen) atoms. The van der Waals surface area contributed by atoms with Gasteiger partial charge in [-0.1, -0.05) is 49.6 Å². The van der Waals surface area contributed by atoms with Crippen LogP contribution < -0.4 is 4.67 Å². The molecule has 5 heteroatoms. The maximum Gasteiger partial charge on any atom is 0.166 e. The van der Waals surface area contributed by atoms with E-state index in [0.717, 1.165) is 15.5 Å². The summed E-state index contributed by atoms with van der Waals surface area (Å²) in [5.74, 6) is 0. The molecule has 0 spiro atoms. The Bertz CT molecular complexity index is 486. The van der Waals surface area contributed by atoms with E-state index < -0.39 is 0 Å². The predicted octanol–water partition coefficient (Wildman–Crippen LogP) is 3.42. The number of benzene rings is 1. The molecule has 2 aromatic rings. The summed E-state index contributed by atoms with van der Waals surface area (Å²) in [6.07, 6.45) is 0. The Morgan fingerprint density at radius 1 is 1.14 bits per heavy atom. The zero-order chi connectivity index (χ0) is 9.97. The van der Waals surface area contributed by atoms with Gasteiger partial charge in [-0.3, -0.25) is 0 Å². The molecule has 0 fully saturated rings. The third kappa shape index (κ3) is 1.97. The second-order valence-corrected chi connectivity index (χ2v) is 5.25. The Labute approximate surface area is 93.1 Å². The first-order valence-electron chi connectivity index (χ1n) is 3.84. The van der Waals surface area contributed by atoms with Gasteiger partial charge in [-0.2, -0.15) is 0 Å². The van der Waals surface area contributed by atoms with E-state index in [4.69, 9.17) is 16.8 Å². The van der Waals surface area contributed by atoms with Crippen molar-refractivity contribution in [2.75, 3.05) is 0 Å². The second kappa shape index (κ2) is 4.13. The van der Waals surface area contributed by atoms with E-state index in [1.165, 1.54) is 10.3 Å². The molecule has 0 aliphatic carbocycles. The van der Waals surface area contributed by atoms with Crippen LogP contribution >= 0.6 is 32.3 Å². The minimum atomic E-state index is 0.625. The van der Waals surface area contributed by atoms with Crippen LogP contribution in [0.1, 0.15) is 0 Å². The highest BCUT2D eigenvalue weighted by Gasteiger charge is 2.00. The standard InChI is InChI=1S/C9H6ClNOS2/c10-7-3-1-6(2-4-7)8-5-9(11-12)14-13-8/h1-5,12H. The Balaban J connectivity index is 2.44. The highest BCUT2D eigenvalue weighted by Crippen LogP contribution is 2.26. The van der Waals surface area contributed by atoms with E-state index in [1.54, 1.807) is 10.3 Å². The molecule has 0 bridgehead atoms. The zero-order valence-corrected chi connectivity index (χ0v) is 9.36. The van der Waals surface area contributed by atoms with Crippen molar-refractivity contribution in [1.82, 2.24) is 0 Å². The normalized spacial score (nSPS) is 11.9. The van der Waals surface area contributed by atoms with Crippen LogP contribution in [-0.2, 0) is 0 Å². The molecule has 0 unspecified atom stereocenters.